The molecule has 0 fully saturated rings. The molecule has 0 saturated carbocycles. The van der Waals surface area contributed by atoms with Crippen molar-refractivity contribution in [2.45, 2.75) is 13.5 Å². The number of aromatic carboxylic acids is 1. The summed E-state index contributed by atoms with van der Waals surface area (Å²) in [5.74, 6) is -0.902. The number of carbonyl (C=O) groups is 1. The Morgan fingerprint density at radius 3 is 2.79 bits per heavy atom. The van der Waals surface area contributed by atoms with Crippen LogP contribution >= 0.6 is 15.9 Å². The molecule has 98 valence electrons. The molecule has 2 N–H and O–H groups in total. The smallest absolute Gasteiger partial charge is 0.335 e. The highest BCUT2D eigenvalue weighted by molar-refractivity contribution is 9.10. The maximum absolute atomic E-state index is 10.9. The summed E-state index contributed by atoms with van der Waals surface area (Å²) >= 11 is 3.44. The Labute approximate surface area is 120 Å². The number of benzene rings is 2. The molecular formula is C15H14BrNO2. The van der Waals surface area contributed by atoms with Crippen molar-refractivity contribution in [3.05, 3.63) is 63.6 Å². The maximum atomic E-state index is 10.9. The molecule has 0 atom stereocenters. The summed E-state index contributed by atoms with van der Waals surface area (Å²) < 4.78 is 1.01. The Morgan fingerprint density at radius 2 is 2.05 bits per heavy atom. The van der Waals surface area contributed by atoms with Gasteiger partial charge in [-0.05, 0) is 42.3 Å². The van der Waals surface area contributed by atoms with Crippen LogP contribution in [0, 0.1) is 6.92 Å². The molecule has 2 aromatic rings. The molecule has 0 radical (unpaired) electrons. The minimum absolute atomic E-state index is 0.310. The maximum Gasteiger partial charge on any atom is 0.335 e. The van der Waals surface area contributed by atoms with Gasteiger partial charge in [0.15, 0.2) is 0 Å². The Morgan fingerprint density at radius 1 is 1.26 bits per heavy atom. The second-order valence-electron chi connectivity index (χ2n) is 4.32. The molecule has 0 aliphatic carbocycles. The van der Waals surface area contributed by atoms with Crippen LogP contribution in [0.2, 0.25) is 0 Å². The minimum Gasteiger partial charge on any atom is -0.478 e. The van der Waals surface area contributed by atoms with Gasteiger partial charge in [-0.2, -0.15) is 0 Å². The van der Waals surface area contributed by atoms with Crippen LogP contribution in [0.1, 0.15) is 21.5 Å². The third-order valence-corrected chi connectivity index (χ3v) is 3.35. The second kappa shape index (κ2) is 5.89. The predicted octanol–water partition coefficient (Wildman–Crippen LogP) is 4.07. The number of aryl methyl sites for hydroxylation is 1. The fourth-order valence-electron chi connectivity index (χ4n) is 1.80. The SMILES string of the molecule is Cc1ccc(Br)cc1NCc1cccc(C(=O)O)c1. The van der Waals surface area contributed by atoms with Gasteiger partial charge in [-0.15, -0.1) is 0 Å². The average Bonchev–Trinajstić information content (AvgIpc) is 2.40. The van der Waals surface area contributed by atoms with Crippen LogP contribution in [0.3, 0.4) is 0 Å². The van der Waals surface area contributed by atoms with Crippen molar-refractivity contribution in [3.8, 4) is 0 Å². The normalized spacial score (nSPS) is 10.2. The Balaban J connectivity index is 2.12. The Bertz CT molecular complexity index is 611. The molecule has 0 bridgehead atoms. The van der Waals surface area contributed by atoms with E-state index in [4.69, 9.17) is 5.11 Å². The molecule has 0 heterocycles. The van der Waals surface area contributed by atoms with Gasteiger partial charge in [0.1, 0.15) is 0 Å². The number of rotatable bonds is 4. The van der Waals surface area contributed by atoms with E-state index >= 15 is 0 Å². The third-order valence-electron chi connectivity index (χ3n) is 2.86. The average molecular weight is 320 g/mol. The van der Waals surface area contributed by atoms with Crippen molar-refractivity contribution < 1.29 is 9.90 Å². The fourth-order valence-corrected chi connectivity index (χ4v) is 2.16. The molecule has 3 nitrogen and oxygen atoms in total. The molecule has 0 amide bonds. The topological polar surface area (TPSA) is 49.3 Å². The number of carboxylic acids is 1. The zero-order valence-electron chi connectivity index (χ0n) is 10.5. The highest BCUT2D eigenvalue weighted by atomic mass is 79.9. The summed E-state index contributed by atoms with van der Waals surface area (Å²) in [4.78, 5) is 10.9. The van der Waals surface area contributed by atoms with Gasteiger partial charge in [0.05, 0.1) is 5.56 Å². The largest absolute Gasteiger partial charge is 0.478 e. The standard InChI is InChI=1S/C15H14BrNO2/c1-10-5-6-13(16)8-14(10)17-9-11-3-2-4-12(7-11)15(18)19/h2-8,17H,9H2,1H3,(H,18,19). The summed E-state index contributed by atoms with van der Waals surface area (Å²) in [6.45, 7) is 2.63. The quantitative estimate of drug-likeness (QED) is 0.893. The number of hydrogen-bond donors (Lipinski definition) is 2. The predicted molar refractivity (Wildman–Crippen MR) is 79.6 cm³/mol. The van der Waals surface area contributed by atoms with Crippen LogP contribution in [0.25, 0.3) is 0 Å². The highest BCUT2D eigenvalue weighted by Crippen LogP contribution is 2.21. The molecule has 2 rings (SSSR count). The van der Waals surface area contributed by atoms with Crippen molar-refractivity contribution in [2.75, 3.05) is 5.32 Å². The molecule has 4 heteroatoms. The van der Waals surface area contributed by atoms with Gasteiger partial charge in [0.2, 0.25) is 0 Å². The van der Waals surface area contributed by atoms with Crippen molar-refractivity contribution in [3.63, 3.8) is 0 Å². The summed E-state index contributed by atoms with van der Waals surface area (Å²) in [5.41, 5.74) is 3.44. The van der Waals surface area contributed by atoms with Crippen LogP contribution in [-0.2, 0) is 6.54 Å². The van der Waals surface area contributed by atoms with Gasteiger partial charge in [0.25, 0.3) is 0 Å². The number of anilines is 1. The number of carboxylic acid groups (broad SMARTS) is 1. The van der Waals surface area contributed by atoms with Gasteiger partial charge < -0.3 is 10.4 Å². The van der Waals surface area contributed by atoms with Crippen molar-refractivity contribution in [1.29, 1.82) is 0 Å². The number of halogens is 1. The molecule has 0 aliphatic heterocycles. The monoisotopic (exact) mass is 319 g/mol. The van der Waals surface area contributed by atoms with Crippen molar-refractivity contribution in [2.24, 2.45) is 0 Å². The fraction of sp³-hybridized carbons (Fsp3) is 0.133. The Hall–Kier alpha value is -1.81. The lowest BCUT2D eigenvalue weighted by Crippen LogP contribution is -2.03. The van der Waals surface area contributed by atoms with E-state index in [0.717, 1.165) is 21.3 Å². The van der Waals surface area contributed by atoms with E-state index in [1.54, 1.807) is 18.2 Å². The van der Waals surface area contributed by atoms with Gasteiger partial charge in [-0.25, -0.2) is 4.79 Å². The summed E-state index contributed by atoms with van der Waals surface area (Å²) in [6, 6.07) is 13.0. The van der Waals surface area contributed by atoms with Crippen LogP contribution < -0.4 is 5.32 Å². The van der Waals surface area contributed by atoms with E-state index in [0.29, 0.717) is 12.1 Å². The lowest BCUT2D eigenvalue weighted by molar-refractivity contribution is 0.0697. The Kier molecular flexibility index (Phi) is 4.22. The molecule has 0 saturated heterocycles. The molecule has 0 aliphatic rings. The van der Waals surface area contributed by atoms with Crippen molar-refractivity contribution >= 4 is 27.6 Å². The molecule has 2 aromatic carbocycles. The third kappa shape index (κ3) is 3.58. The van der Waals surface area contributed by atoms with E-state index in [2.05, 4.69) is 21.2 Å². The van der Waals surface area contributed by atoms with Crippen molar-refractivity contribution in [1.82, 2.24) is 0 Å². The first-order valence-corrected chi connectivity index (χ1v) is 6.68. The van der Waals surface area contributed by atoms with E-state index in [9.17, 15) is 4.79 Å². The zero-order valence-corrected chi connectivity index (χ0v) is 12.1. The number of hydrogen-bond acceptors (Lipinski definition) is 2. The second-order valence-corrected chi connectivity index (χ2v) is 5.23. The molecule has 0 aromatic heterocycles. The highest BCUT2D eigenvalue weighted by Gasteiger charge is 2.04. The van der Waals surface area contributed by atoms with Gasteiger partial charge >= 0.3 is 5.97 Å². The van der Waals surface area contributed by atoms with Crippen LogP contribution in [-0.4, -0.2) is 11.1 Å². The van der Waals surface area contributed by atoms with Gasteiger partial charge in [0, 0.05) is 16.7 Å². The number of nitrogens with one attached hydrogen (secondary N) is 1. The first-order valence-electron chi connectivity index (χ1n) is 5.88. The lowest BCUT2D eigenvalue weighted by atomic mass is 10.1. The molecule has 0 spiro atoms. The van der Waals surface area contributed by atoms with E-state index < -0.39 is 5.97 Å². The summed E-state index contributed by atoms with van der Waals surface area (Å²) in [7, 11) is 0. The van der Waals surface area contributed by atoms with Gasteiger partial charge in [-0.1, -0.05) is 34.1 Å². The van der Waals surface area contributed by atoms with E-state index in [-0.39, 0.29) is 0 Å². The van der Waals surface area contributed by atoms with Crippen LogP contribution in [0.4, 0.5) is 5.69 Å². The molecule has 19 heavy (non-hydrogen) atoms. The van der Waals surface area contributed by atoms with Gasteiger partial charge in [-0.3, -0.25) is 0 Å². The van der Waals surface area contributed by atoms with E-state index in [1.807, 2.05) is 31.2 Å². The van der Waals surface area contributed by atoms with E-state index in [1.165, 1.54) is 0 Å². The molecular weight excluding hydrogens is 306 g/mol. The summed E-state index contributed by atoms with van der Waals surface area (Å²) in [5, 5.41) is 12.3. The summed E-state index contributed by atoms with van der Waals surface area (Å²) in [6.07, 6.45) is 0. The lowest BCUT2D eigenvalue weighted by Gasteiger charge is -2.10. The molecule has 0 unspecified atom stereocenters. The zero-order chi connectivity index (χ0) is 13.8. The van der Waals surface area contributed by atoms with Crippen LogP contribution in [0.5, 0.6) is 0 Å². The first kappa shape index (κ1) is 13.6. The first-order chi connectivity index (χ1) is 9.06. The van der Waals surface area contributed by atoms with Crippen LogP contribution in [0.15, 0.2) is 46.9 Å². The minimum atomic E-state index is -0.902.